The minimum absolute atomic E-state index is 0.0407. The Hall–Kier alpha value is -2.96. The Labute approximate surface area is 206 Å². The average Bonchev–Trinajstić information content (AvgIpc) is 3.50. The molecule has 0 radical (unpaired) electrons. The van der Waals surface area contributed by atoms with Crippen LogP contribution in [0.25, 0.3) is 21.9 Å². The van der Waals surface area contributed by atoms with Gasteiger partial charge in [0.05, 0.1) is 17.3 Å². The van der Waals surface area contributed by atoms with Crippen LogP contribution < -0.4 is 10.5 Å². The second kappa shape index (κ2) is 10.8. The molecule has 0 bridgehead atoms. The van der Waals surface area contributed by atoms with Gasteiger partial charge in [0.1, 0.15) is 29.1 Å². The van der Waals surface area contributed by atoms with Crippen molar-refractivity contribution in [3.8, 4) is 0 Å². The first-order valence-electron chi connectivity index (χ1n) is 11.3. The molecule has 3 atom stereocenters. The lowest BCUT2D eigenvalue weighted by Gasteiger charge is -2.15. The van der Waals surface area contributed by atoms with Gasteiger partial charge in [0.15, 0.2) is 17.3 Å². The van der Waals surface area contributed by atoms with Crippen molar-refractivity contribution < 1.29 is 18.8 Å². The normalized spacial score (nSPS) is 19.0. The monoisotopic (exact) mass is 498 g/mol. The summed E-state index contributed by atoms with van der Waals surface area (Å²) in [5.74, 6) is -0.601. The number of nitrogens with one attached hydrogen (secondary N) is 1. The van der Waals surface area contributed by atoms with E-state index < -0.39 is 16.8 Å². The fourth-order valence-electron chi connectivity index (χ4n) is 3.66. The van der Waals surface area contributed by atoms with E-state index in [1.807, 2.05) is 47.0 Å². The summed E-state index contributed by atoms with van der Waals surface area (Å²) < 4.78 is 28.3. The smallest absolute Gasteiger partial charge is 0.167 e. The number of rotatable bonds is 6. The molecule has 186 valence electrons. The van der Waals surface area contributed by atoms with E-state index in [0.717, 1.165) is 28.5 Å². The summed E-state index contributed by atoms with van der Waals surface area (Å²) in [6, 6.07) is 13.9. The van der Waals surface area contributed by atoms with Crippen LogP contribution in [-0.4, -0.2) is 54.4 Å². The Morgan fingerprint density at radius 1 is 1.20 bits per heavy atom. The highest BCUT2D eigenvalue weighted by atomic mass is 32.2. The Kier molecular flexibility index (Phi) is 7.72. The molecular formula is C24H30N6O4S. The van der Waals surface area contributed by atoms with E-state index in [9.17, 15) is 4.21 Å². The second-order valence-corrected chi connectivity index (χ2v) is 9.95. The summed E-state index contributed by atoms with van der Waals surface area (Å²) in [7, 11) is 0.163. The summed E-state index contributed by atoms with van der Waals surface area (Å²) in [5.41, 5.74) is 7.10. The maximum absolute atomic E-state index is 12.7. The molecule has 2 aromatic carbocycles. The van der Waals surface area contributed by atoms with E-state index in [1.165, 1.54) is 13.4 Å². The van der Waals surface area contributed by atoms with Gasteiger partial charge in [0.25, 0.3) is 0 Å². The van der Waals surface area contributed by atoms with Gasteiger partial charge >= 0.3 is 0 Å². The largest absolute Gasteiger partial charge is 0.382 e. The van der Waals surface area contributed by atoms with Gasteiger partial charge in [-0.05, 0) is 49.6 Å². The molecule has 3 unspecified atom stereocenters. The third-order valence-electron chi connectivity index (χ3n) is 5.66. The number of nitrogens with zero attached hydrogens (tertiary/aromatic N) is 4. The number of aliphatic hydroxyl groups is 1. The number of nitrogen functional groups attached to an aromatic ring is 1. The number of imidazole rings is 1. The highest BCUT2D eigenvalue weighted by Crippen LogP contribution is 2.30. The number of nitrogens with two attached hydrogens (primary N) is 1. The number of hydrogen-bond acceptors (Lipinski definition) is 8. The zero-order chi connectivity index (χ0) is 25.0. The number of aromatic nitrogens is 4. The Morgan fingerprint density at radius 2 is 1.94 bits per heavy atom. The summed E-state index contributed by atoms with van der Waals surface area (Å²) in [4.78, 5) is 13.3. The first kappa shape index (κ1) is 25.1. The molecular weight excluding hydrogens is 468 g/mol. The lowest BCUT2D eigenvalue weighted by atomic mass is 10.1. The lowest BCUT2D eigenvalue weighted by molar-refractivity contribution is -0.155. The molecule has 0 saturated carbocycles. The number of ether oxygens (including phenoxy) is 2. The minimum Gasteiger partial charge on any atom is -0.382 e. The third-order valence-corrected chi connectivity index (χ3v) is 6.77. The van der Waals surface area contributed by atoms with E-state index in [1.54, 1.807) is 20.2 Å². The zero-order valence-corrected chi connectivity index (χ0v) is 20.7. The number of methoxy groups -OCH3 is 1. The van der Waals surface area contributed by atoms with Gasteiger partial charge in [0.2, 0.25) is 0 Å². The Balaban J connectivity index is 0.000000431. The van der Waals surface area contributed by atoms with E-state index in [-0.39, 0.29) is 12.3 Å². The first-order valence-corrected chi connectivity index (χ1v) is 12.4. The van der Waals surface area contributed by atoms with Gasteiger partial charge in [-0.2, -0.15) is 0 Å². The number of benzene rings is 2. The van der Waals surface area contributed by atoms with Gasteiger partial charge in [0, 0.05) is 13.7 Å². The van der Waals surface area contributed by atoms with Crippen molar-refractivity contribution in [1.82, 2.24) is 24.2 Å². The number of anilines is 1. The maximum Gasteiger partial charge on any atom is 0.167 e. The minimum atomic E-state index is -1.30. The topological polar surface area (TPSA) is 137 Å². The molecule has 1 saturated heterocycles. The summed E-state index contributed by atoms with van der Waals surface area (Å²) in [6.07, 6.45) is 4.58. The molecule has 0 spiro atoms. The van der Waals surface area contributed by atoms with Crippen molar-refractivity contribution in [2.75, 3.05) is 19.4 Å². The molecule has 10 nitrogen and oxygen atoms in total. The van der Waals surface area contributed by atoms with Crippen molar-refractivity contribution in [2.45, 2.75) is 49.7 Å². The molecule has 5 rings (SSSR count). The molecule has 35 heavy (non-hydrogen) atoms. The SMILES string of the molecule is COC(C)(C)O.Nc1ncnc2c1ncn2C1CCC(CNS(=O)c2ccc3ccccc3c2)O1. The van der Waals surface area contributed by atoms with Gasteiger partial charge in [-0.15, -0.1) is 0 Å². The highest BCUT2D eigenvalue weighted by molar-refractivity contribution is 7.83. The number of fused-ring (bicyclic) bond motifs is 2. The molecule has 1 fully saturated rings. The van der Waals surface area contributed by atoms with Crippen LogP contribution in [0.3, 0.4) is 0 Å². The van der Waals surface area contributed by atoms with Crippen LogP contribution in [-0.2, 0) is 20.5 Å². The van der Waals surface area contributed by atoms with E-state index in [2.05, 4.69) is 24.4 Å². The van der Waals surface area contributed by atoms with Crippen molar-refractivity contribution in [1.29, 1.82) is 0 Å². The van der Waals surface area contributed by atoms with Crippen molar-refractivity contribution in [2.24, 2.45) is 0 Å². The van der Waals surface area contributed by atoms with Crippen molar-refractivity contribution >= 4 is 38.7 Å². The molecule has 2 aromatic heterocycles. The highest BCUT2D eigenvalue weighted by Gasteiger charge is 2.28. The predicted octanol–water partition coefficient (Wildman–Crippen LogP) is 2.91. The summed E-state index contributed by atoms with van der Waals surface area (Å²) in [5, 5.41) is 10.8. The third kappa shape index (κ3) is 6.19. The van der Waals surface area contributed by atoms with Crippen LogP contribution in [0, 0.1) is 0 Å². The first-order chi connectivity index (χ1) is 16.7. The number of hydrogen-bond donors (Lipinski definition) is 3. The molecule has 4 aromatic rings. The molecule has 1 aliphatic heterocycles. The van der Waals surface area contributed by atoms with E-state index >= 15 is 0 Å². The van der Waals surface area contributed by atoms with Crippen LogP contribution >= 0.6 is 0 Å². The van der Waals surface area contributed by atoms with Crippen LogP contribution in [0.2, 0.25) is 0 Å². The molecule has 11 heteroatoms. The van der Waals surface area contributed by atoms with Gasteiger partial charge < -0.3 is 20.3 Å². The zero-order valence-electron chi connectivity index (χ0n) is 19.9. The van der Waals surface area contributed by atoms with Crippen LogP contribution in [0.15, 0.2) is 60.0 Å². The molecule has 0 amide bonds. The summed E-state index contributed by atoms with van der Waals surface area (Å²) in [6.45, 7) is 3.65. The molecule has 0 aliphatic carbocycles. The molecule has 4 N–H and O–H groups in total. The molecule has 3 heterocycles. The molecule has 1 aliphatic rings. The average molecular weight is 499 g/mol. The standard InChI is InChI=1S/C20H20N6O2S.C4H10O2/c21-19-18-20(23-11-22-19)26(12-24-18)17-8-6-15(28-17)10-25-29(27)16-7-5-13-3-1-2-4-14(13)9-16;1-4(2,5)6-3/h1-5,7,9,11-12,15,17,25H,6,8,10H2,(H2,21,22,23);5H,1-3H3. The summed E-state index contributed by atoms with van der Waals surface area (Å²) >= 11 is 0. The Bertz CT molecular complexity index is 1320. The second-order valence-electron chi connectivity index (χ2n) is 8.65. The van der Waals surface area contributed by atoms with Gasteiger partial charge in [-0.1, -0.05) is 30.3 Å². The van der Waals surface area contributed by atoms with Crippen molar-refractivity contribution in [3.63, 3.8) is 0 Å². The van der Waals surface area contributed by atoms with Crippen molar-refractivity contribution in [3.05, 3.63) is 55.1 Å². The van der Waals surface area contributed by atoms with Gasteiger partial charge in [-0.25, -0.2) is 23.9 Å². The van der Waals surface area contributed by atoms with Crippen LogP contribution in [0.5, 0.6) is 0 Å². The Morgan fingerprint density at radius 3 is 2.69 bits per heavy atom. The lowest BCUT2D eigenvalue weighted by Crippen LogP contribution is -2.28. The maximum atomic E-state index is 12.7. The van der Waals surface area contributed by atoms with Gasteiger partial charge in [-0.3, -0.25) is 4.57 Å². The van der Waals surface area contributed by atoms with E-state index in [0.29, 0.717) is 23.5 Å². The van der Waals surface area contributed by atoms with Crippen LogP contribution in [0.4, 0.5) is 5.82 Å². The van der Waals surface area contributed by atoms with Crippen LogP contribution in [0.1, 0.15) is 32.9 Å². The quantitative estimate of drug-likeness (QED) is 0.345. The fourth-order valence-corrected chi connectivity index (χ4v) is 4.59. The predicted molar refractivity (Wildman–Crippen MR) is 135 cm³/mol. The van der Waals surface area contributed by atoms with E-state index in [4.69, 9.17) is 15.6 Å². The fraction of sp³-hybridized carbons (Fsp3) is 0.375.